The average Bonchev–Trinajstić information content (AvgIpc) is 2.60. The van der Waals surface area contributed by atoms with E-state index in [4.69, 9.17) is 23.7 Å². The lowest BCUT2D eigenvalue weighted by atomic mass is 9.98. The topological polar surface area (TPSA) is 175 Å². The largest absolute Gasteiger partial charge is 0.479 e. The van der Waals surface area contributed by atoms with E-state index in [0.717, 1.165) is 89.9 Å². The van der Waals surface area contributed by atoms with Crippen molar-refractivity contribution in [1.82, 2.24) is 0 Å². The summed E-state index contributed by atoms with van der Waals surface area (Å²) in [4.78, 5) is 51.5. The summed E-state index contributed by atoms with van der Waals surface area (Å²) >= 11 is 0. The second-order valence-electron chi connectivity index (χ2n) is 24.9. The van der Waals surface area contributed by atoms with E-state index in [1.165, 1.54) is 193 Å². The summed E-state index contributed by atoms with van der Waals surface area (Å²) in [5.74, 6) is -3.11. The van der Waals surface area contributed by atoms with Gasteiger partial charge in [-0.05, 0) is 109 Å². The fourth-order valence-corrected chi connectivity index (χ4v) is 11.0. The summed E-state index contributed by atoms with van der Waals surface area (Å²) in [6.07, 6.45) is 67.4. The Morgan fingerprint density at radius 2 is 0.690 bits per heavy atom. The number of rotatable bonds is 63. The number of unbranched alkanes of at least 4 members (excludes halogenated alkanes) is 39. The van der Waals surface area contributed by atoms with Gasteiger partial charge in [0, 0.05) is 19.3 Å². The van der Waals surface area contributed by atoms with Gasteiger partial charge in [-0.25, -0.2) is 4.79 Å². The fourth-order valence-electron chi connectivity index (χ4n) is 11.0. The Morgan fingerprint density at radius 3 is 1.08 bits per heavy atom. The molecule has 1 heterocycles. The molecular weight excluding hydrogens is 1090 g/mol. The summed E-state index contributed by atoms with van der Waals surface area (Å²) in [7, 11) is 0. The van der Waals surface area contributed by atoms with E-state index in [1.807, 2.05) is 0 Å². The first-order valence-electron chi connectivity index (χ1n) is 36.3. The quantitative estimate of drug-likeness (QED) is 0.0228. The van der Waals surface area contributed by atoms with Crippen LogP contribution >= 0.6 is 0 Å². The van der Waals surface area contributed by atoms with Crippen LogP contribution in [0.15, 0.2) is 60.8 Å². The molecule has 1 saturated heterocycles. The molecule has 0 amide bonds. The number of aliphatic carboxylic acids is 1. The van der Waals surface area contributed by atoms with Gasteiger partial charge in [-0.2, -0.15) is 0 Å². The first-order valence-corrected chi connectivity index (χ1v) is 36.3. The maximum Gasteiger partial charge on any atom is 0.335 e. The molecule has 0 bridgehead atoms. The molecule has 12 heteroatoms. The van der Waals surface area contributed by atoms with Crippen LogP contribution in [0.5, 0.6) is 0 Å². The Kier molecular flexibility index (Phi) is 58.6. The predicted octanol–water partition coefficient (Wildman–Crippen LogP) is 20.2. The second-order valence-corrected chi connectivity index (χ2v) is 24.9. The molecule has 0 aromatic rings. The van der Waals surface area contributed by atoms with E-state index in [0.29, 0.717) is 19.3 Å². The summed E-state index contributed by atoms with van der Waals surface area (Å²) in [6.45, 7) is 6.02. The maximum absolute atomic E-state index is 13.3. The van der Waals surface area contributed by atoms with Crippen molar-refractivity contribution in [2.45, 2.75) is 379 Å². The Morgan fingerprint density at radius 1 is 0.379 bits per heavy atom. The minimum absolute atomic E-state index is 0.0463. The monoisotopic (exact) mass is 1220 g/mol. The number of hydrogen-bond acceptors (Lipinski definition) is 11. The van der Waals surface area contributed by atoms with Crippen molar-refractivity contribution in [2.75, 3.05) is 13.2 Å². The molecule has 0 aliphatic carbocycles. The SMILES string of the molecule is CCCCC/C=C\C/C=C\C/C=C\CCCCCCCCC(=O)OC1C(OCC(COC(=O)CCCCCCCCCCC/C=C\CCCCCCCC)OC(=O)CCCCCCCCCCC/C=C\CCCCCCCC)OC(C(=O)O)C(O)C1O. The molecule has 0 spiro atoms. The molecule has 1 rings (SSSR count). The number of carbonyl (C=O) groups excluding carboxylic acids is 3. The number of aliphatic hydroxyl groups excluding tert-OH is 2. The van der Waals surface area contributed by atoms with Crippen LogP contribution < -0.4 is 0 Å². The van der Waals surface area contributed by atoms with Gasteiger partial charge in [-0.15, -0.1) is 0 Å². The molecule has 1 aliphatic rings. The van der Waals surface area contributed by atoms with E-state index in [2.05, 4.69) is 81.5 Å². The number of hydrogen-bond donors (Lipinski definition) is 3. The zero-order valence-electron chi connectivity index (χ0n) is 56.0. The molecule has 0 radical (unpaired) electrons. The Hall–Kier alpha value is -3.58. The number of ether oxygens (including phenoxy) is 5. The van der Waals surface area contributed by atoms with Gasteiger partial charge in [0.25, 0.3) is 0 Å². The van der Waals surface area contributed by atoms with Crippen molar-refractivity contribution >= 4 is 23.9 Å². The highest BCUT2D eigenvalue weighted by atomic mass is 16.7. The van der Waals surface area contributed by atoms with Crippen LogP contribution in [0, 0.1) is 0 Å². The van der Waals surface area contributed by atoms with Crippen molar-refractivity contribution in [1.29, 1.82) is 0 Å². The lowest BCUT2D eigenvalue weighted by Crippen LogP contribution is -2.61. The summed E-state index contributed by atoms with van der Waals surface area (Å²) in [6, 6.07) is 0. The molecule has 12 nitrogen and oxygen atoms in total. The molecular formula is C75H132O12. The van der Waals surface area contributed by atoms with Crippen molar-refractivity contribution in [3.05, 3.63) is 60.8 Å². The minimum Gasteiger partial charge on any atom is -0.479 e. The highest BCUT2D eigenvalue weighted by molar-refractivity contribution is 5.74. The normalized spacial score (nSPS) is 17.6. The average molecular weight is 1230 g/mol. The number of allylic oxidation sites excluding steroid dienone is 10. The molecule has 0 aromatic heterocycles. The van der Waals surface area contributed by atoms with Crippen LogP contribution in [0.25, 0.3) is 0 Å². The van der Waals surface area contributed by atoms with E-state index < -0.39 is 67.3 Å². The highest BCUT2D eigenvalue weighted by Crippen LogP contribution is 2.27. The molecule has 3 N–H and O–H groups in total. The van der Waals surface area contributed by atoms with Gasteiger partial charge < -0.3 is 39.0 Å². The van der Waals surface area contributed by atoms with Crippen LogP contribution in [0.3, 0.4) is 0 Å². The van der Waals surface area contributed by atoms with Crippen LogP contribution in [0.1, 0.15) is 342 Å². The number of esters is 3. The van der Waals surface area contributed by atoms with Crippen molar-refractivity contribution < 1.29 is 58.2 Å². The molecule has 1 fully saturated rings. The Labute approximate surface area is 532 Å². The van der Waals surface area contributed by atoms with Crippen LogP contribution in [-0.2, 0) is 42.9 Å². The number of aliphatic hydroxyl groups is 2. The summed E-state index contributed by atoms with van der Waals surface area (Å²) in [5.41, 5.74) is 0. The number of carbonyl (C=O) groups is 4. The first-order chi connectivity index (χ1) is 42.6. The Bertz CT molecular complexity index is 1740. The molecule has 1 aliphatic heterocycles. The fraction of sp³-hybridized carbons (Fsp3) is 0.813. The summed E-state index contributed by atoms with van der Waals surface area (Å²) in [5, 5.41) is 31.7. The smallest absolute Gasteiger partial charge is 0.335 e. The predicted molar refractivity (Wildman–Crippen MR) is 359 cm³/mol. The molecule has 0 aromatic carbocycles. The van der Waals surface area contributed by atoms with E-state index in [1.54, 1.807) is 0 Å². The highest BCUT2D eigenvalue weighted by Gasteiger charge is 2.50. The minimum atomic E-state index is -1.91. The number of carboxylic acid groups (broad SMARTS) is 1. The zero-order valence-corrected chi connectivity index (χ0v) is 56.0. The van der Waals surface area contributed by atoms with Gasteiger partial charge in [-0.3, -0.25) is 14.4 Å². The molecule has 6 atom stereocenters. The van der Waals surface area contributed by atoms with Gasteiger partial charge in [0.05, 0.1) is 6.61 Å². The van der Waals surface area contributed by atoms with Crippen molar-refractivity contribution in [3.63, 3.8) is 0 Å². The van der Waals surface area contributed by atoms with Gasteiger partial charge in [0.1, 0.15) is 18.8 Å². The third-order valence-electron chi connectivity index (χ3n) is 16.5. The number of carboxylic acids is 1. The van der Waals surface area contributed by atoms with E-state index in [9.17, 15) is 34.5 Å². The van der Waals surface area contributed by atoms with E-state index >= 15 is 0 Å². The standard InChI is InChI=1S/C75H132O12/c1-4-7-10-13-16-19-22-25-28-31-34-37-40-43-46-49-52-55-58-61-67(76)83-64-66(85-68(77)62-59-56-53-50-47-44-41-38-35-32-29-26-23-20-17-14-11-8-5-2)65-84-75-73(71(80)70(79)72(87-75)74(81)82)86-69(78)63-60-57-54-51-48-45-42-39-36-33-30-27-24-21-18-15-12-9-6-3/h18,21,25-30,36,39,66,70-73,75,79-80H,4-17,19-20,22-24,31-35,37-38,40-65H2,1-3H3,(H,81,82)/b21-18-,28-25-,29-26-,30-27-,39-36-. The lowest BCUT2D eigenvalue weighted by molar-refractivity contribution is -0.301. The third-order valence-corrected chi connectivity index (χ3v) is 16.5. The van der Waals surface area contributed by atoms with Gasteiger partial charge in [-0.1, -0.05) is 274 Å². The molecule has 504 valence electrons. The van der Waals surface area contributed by atoms with Crippen molar-refractivity contribution in [2.24, 2.45) is 0 Å². The second kappa shape index (κ2) is 62.6. The third kappa shape index (κ3) is 51.8. The molecule has 6 unspecified atom stereocenters. The van der Waals surface area contributed by atoms with Crippen LogP contribution in [0.4, 0.5) is 0 Å². The van der Waals surface area contributed by atoms with Crippen LogP contribution in [0.2, 0.25) is 0 Å². The molecule has 87 heavy (non-hydrogen) atoms. The first kappa shape index (κ1) is 81.4. The molecule has 0 saturated carbocycles. The lowest BCUT2D eigenvalue weighted by Gasteiger charge is -2.40. The summed E-state index contributed by atoms with van der Waals surface area (Å²) < 4.78 is 28.7. The Balaban J connectivity index is 2.63. The van der Waals surface area contributed by atoms with Crippen LogP contribution in [-0.4, -0.2) is 89.2 Å². The van der Waals surface area contributed by atoms with E-state index in [-0.39, 0.29) is 25.9 Å². The van der Waals surface area contributed by atoms with Gasteiger partial charge >= 0.3 is 23.9 Å². The van der Waals surface area contributed by atoms with Crippen molar-refractivity contribution in [3.8, 4) is 0 Å². The van der Waals surface area contributed by atoms with Gasteiger partial charge in [0.2, 0.25) is 0 Å². The van der Waals surface area contributed by atoms with Gasteiger partial charge in [0.15, 0.2) is 24.6 Å². The zero-order chi connectivity index (χ0) is 63.1. The maximum atomic E-state index is 13.3.